The van der Waals surface area contributed by atoms with Crippen LogP contribution in [0.4, 0.5) is 36.2 Å². The highest BCUT2D eigenvalue weighted by molar-refractivity contribution is 5.81. The average Bonchev–Trinajstić information content (AvgIpc) is 3.31. The first-order chi connectivity index (χ1) is 16.5. The fourth-order valence-electron chi connectivity index (χ4n) is 3.79. The number of hydrogen-bond donors (Lipinski definition) is 4. The largest absolute Gasteiger partial charge is 0.362 e. The highest BCUT2D eigenvalue weighted by Crippen LogP contribution is 2.33. The molecule has 0 amide bonds. The van der Waals surface area contributed by atoms with Gasteiger partial charge in [0.2, 0.25) is 0 Å². The molecule has 2 aromatic heterocycles. The van der Waals surface area contributed by atoms with Crippen molar-refractivity contribution in [2.45, 2.75) is 19.4 Å². The number of nitrogens with one attached hydrogen (secondary N) is 4. The van der Waals surface area contributed by atoms with Crippen molar-refractivity contribution in [1.29, 1.82) is 0 Å². The molecule has 0 fully saturated rings. The molecule has 34 heavy (non-hydrogen) atoms. The van der Waals surface area contributed by atoms with Gasteiger partial charge in [0.25, 0.3) is 5.56 Å². The molecule has 0 spiro atoms. The lowest BCUT2D eigenvalue weighted by Gasteiger charge is -2.23. The van der Waals surface area contributed by atoms with Crippen molar-refractivity contribution in [3.05, 3.63) is 76.4 Å². The molecule has 4 aromatic rings. The summed E-state index contributed by atoms with van der Waals surface area (Å²) in [6, 6.07) is 6.70. The van der Waals surface area contributed by atoms with E-state index in [1.54, 1.807) is 0 Å². The zero-order chi connectivity index (χ0) is 23.8. The SMILES string of the molecule is CC[C@H](Nc1ncnc2c1NCN2)c1nc2cccc(F)c2c(=O)n1Nc1c(F)cccc1F. The summed E-state index contributed by atoms with van der Waals surface area (Å²) in [4.78, 5) is 26.3. The van der Waals surface area contributed by atoms with Gasteiger partial charge >= 0.3 is 0 Å². The third-order valence-corrected chi connectivity index (χ3v) is 5.46. The van der Waals surface area contributed by atoms with Gasteiger partial charge in [-0.2, -0.15) is 0 Å². The summed E-state index contributed by atoms with van der Waals surface area (Å²) < 4.78 is 44.2. The Morgan fingerprint density at radius 3 is 2.56 bits per heavy atom. The molecule has 3 heterocycles. The van der Waals surface area contributed by atoms with E-state index in [0.717, 1.165) is 22.9 Å². The third kappa shape index (κ3) is 3.62. The Bertz CT molecular complexity index is 1440. The predicted molar refractivity (Wildman–Crippen MR) is 122 cm³/mol. The molecule has 0 bridgehead atoms. The van der Waals surface area contributed by atoms with E-state index >= 15 is 0 Å². The quantitative estimate of drug-likeness (QED) is 0.338. The number of halogens is 3. The number of fused-ring (bicyclic) bond motifs is 2. The zero-order valence-electron chi connectivity index (χ0n) is 17.9. The van der Waals surface area contributed by atoms with Crippen molar-refractivity contribution in [2.75, 3.05) is 28.0 Å². The van der Waals surface area contributed by atoms with Crippen LogP contribution in [0.5, 0.6) is 0 Å². The summed E-state index contributed by atoms with van der Waals surface area (Å²) in [5.41, 5.74) is 1.82. The maximum Gasteiger partial charge on any atom is 0.283 e. The van der Waals surface area contributed by atoms with Crippen LogP contribution in [0.1, 0.15) is 25.2 Å². The molecule has 4 N–H and O–H groups in total. The van der Waals surface area contributed by atoms with Gasteiger partial charge in [-0.25, -0.2) is 32.8 Å². The number of aromatic nitrogens is 4. The molecular weight excluding hydrogens is 449 g/mol. The van der Waals surface area contributed by atoms with Gasteiger partial charge in [0, 0.05) is 0 Å². The van der Waals surface area contributed by atoms with E-state index in [1.807, 2.05) is 6.92 Å². The molecule has 12 heteroatoms. The smallest absolute Gasteiger partial charge is 0.283 e. The van der Waals surface area contributed by atoms with Crippen molar-refractivity contribution in [3.63, 3.8) is 0 Å². The molecule has 0 unspecified atom stereocenters. The topological polar surface area (TPSA) is 109 Å². The minimum absolute atomic E-state index is 0.0894. The van der Waals surface area contributed by atoms with Gasteiger partial charge in [-0.3, -0.25) is 10.2 Å². The Hall–Kier alpha value is -4.35. The lowest BCUT2D eigenvalue weighted by atomic mass is 10.1. The van der Waals surface area contributed by atoms with Gasteiger partial charge in [0.1, 0.15) is 28.9 Å². The standard InChI is InChI=1S/C22H19F3N8O/c1-2-14(30-20-18-19(27-9-26-18)28-10-29-20)21-31-15-8-4-5-11(23)16(15)22(34)33(21)32-17-12(24)6-3-7-13(17)25/h3-8,10,14,26,32H,2,9H2,1H3,(H2,27,28,29,30)/t14-/m0/s1. The van der Waals surface area contributed by atoms with Crippen LogP contribution in [-0.2, 0) is 0 Å². The van der Waals surface area contributed by atoms with Gasteiger partial charge < -0.3 is 16.0 Å². The highest BCUT2D eigenvalue weighted by atomic mass is 19.1. The Balaban J connectivity index is 1.68. The van der Waals surface area contributed by atoms with E-state index in [9.17, 15) is 18.0 Å². The van der Waals surface area contributed by atoms with Crippen LogP contribution in [0.15, 0.2) is 47.5 Å². The summed E-state index contributed by atoms with van der Waals surface area (Å²) in [6.45, 7) is 2.30. The summed E-state index contributed by atoms with van der Waals surface area (Å²) in [7, 11) is 0. The van der Waals surface area contributed by atoms with Crippen LogP contribution in [0.25, 0.3) is 10.9 Å². The Kier molecular flexibility index (Phi) is 5.40. The third-order valence-electron chi connectivity index (χ3n) is 5.46. The lowest BCUT2D eigenvalue weighted by molar-refractivity contribution is 0.576. The first kappa shape index (κ1) is 21.5. The van der Waals surface area contributed by atoms with Crippen molar-refractivity contribution >= 4 is 33.9 Å². The highest BCUT2D eigenvalue weighted by Gasteiger charge is 2.25. The van der Waals surface area contributed by atoms with Gasteiger partial charge in [0.05, 0.1) is 18.2 Å². The molecule has 0 aliphatic carbocycles. The van der Waals surface area contributed by atoms with Gasteiger partial charge in [-0.15, -0.1) is 0 Å². The maximum atomic E-state index is 14.6. The molecule has 0 saturated carbocycles. The van der Waals surface area contributed by atoms with E-state index in [-0.39, 0.29) is 16.7 Å². The van der Waals surface area contributed by atoms with Crippen LogP contribution in [0.2, 0.25) is 0 Å². The zero-order valence-corrected chi connectivity index (χ0v) is 17.9. The fourth-order valence-corrected chi connectivity index (χ4v) is 3.79. The number of hydrogen-bond acceptors (Lipinski definition) is 8. The van der Waals surface area contributed by atoms with E-state index < -0.39 is 34.7 Å². The second-order valence-electron chi connectivity index (χ2n) is 7.53. The summed E-state index contributed by atoms with van der Waals surface area (Å²) in [5.74, 6) is -1.50. The van der Waals surface area contributed by atoms with E-state index in [2.05, 4.69) is 36.3 Å². The van der Waals surface area contributed by atoms with Crippen LogP contribution in [0, 0.1) is 17.5 Å². The minimum Gasteiger partial charge on any atom is -0.362 e. The van der Waals surface area contributed by atoms with E-state index in [4.69, 9.17) is 0 Å². The van der Waals surface area contributed by atoms with E-state index in [1.165, 1.54) is 24.5 Å². The van der Waals surface area contributed by atoms with Crippen LogP contribution in [0.3, 0.4) is 0 Å². The van der Waals surface area contributed by atoms with Crippen molar-refractivity contribution < 1.29 is 13.2 Å². The summed E-state index contributed by atoms with van der Waals surface area (Å²) in [5, 5.41) is 9.08. The van der Waals surface area contributed by atoms with Gasteiger partial charge in [-0.1, -0.05) is 19.1 Å². The predicted octanol–water partition coefficient (Wildman–Crippen LogP) is 3.84. The summed E-state index contributed by atoms with van der Waals surface area (Å²) in [6.07, 6.45) is 1.78. The Morgan fingerprint density at radius 2 is 1.79 bits per heavy atom. The molecule has 1 aliphatic rings. The number of anilines is 4. The van der Waals surface area contributed by atoms with Crippen molar-refractivity contribution in [3.8, 4) is 0 Å². The number of rotatable bonds is 6. The molecule has 1 atom stereocenters. The number of benzene rings is 2. The second kappa shape index (κ2) is 8.54. The lowest BCUT2D eigenvalue weighted by Crippen LogP contribution is -2.34. The minimum atomic E-state index is -0.920. The fraction of sp³-hybridized carbons (Fsp3) is 0.182. The van der Waals surface area contributed by atoms with Gasteiger partial charge in [-0.05, 0) is 30.7 Å². The monoisotopic (exact) mass is 468 g/mol. The molecule has 2 aromatic carbocycles. The van der Waals surface area contributed by atoms with Crippen molar-refractivity contribution in [2.24, 2.45) is 0 Å². The average molecular weight is 468 g/mol. The van der Waals surface area contributed by atoms with Crippen molar-refractivity contribution in [1.82, 2.24) is 19.6 Å². The molecular formula is C22H19F3N8O. The van der Waals surface area contributed by atoms with E-state index in [0.29, 0.717) is 30.4 Å². The maximum absolute atomic E-state index is 14.6. The Morgan fingerprint density at radius 1 is 1.06 bits per heavy atom. The Labute approximate surface area is 191 Å². The first-order valence-corrected chi connectivity index (χ1v) is 10.5. The molecule has 174 valence electrons. The van der Waals surface area contributed by atoms with Crippen LogP contribution < -0.4 is 26.9 Å². The second-order valence-corrected chi connectivity index (χ2v) is 7.53. The molecule has 0 radical (unpaired) electrons. The molecule has 5 rings (SSSR count). The molecule has 0 saturated heterocycles. The number of nitrogens with zero attached hydrogens (tertiary/aromatic N) is 4. The number of para-hydroxylation sites is 1. The van der Waals surface area contributed by atoms with Crippen LogP contribution in [-0.4, -0.2) is 26.3 Å². The summed E-state index contributed by atoms with van der Waals surface area (Å²) >= 11 is 0. The van der Waals surface area contributed by atoms with Gasteiger partial charge in [0.15, 0.2) is 29.1 Å². The molecule has 1 aliphatic heterocycles. The molecule has 9 nitrogen and oxygen atoms in total. The van der Waals surface area contributed by atoms with Crippen LogP contribution >= 0.6 is 0 Å². The first-order valence-electron chi connectivity index (χ1n) is 10.5. The normalized spacial score (nSPS) is 13.2.